The molecule has 3 aliphatic rings. The Kier molecular flexibility index (Phi) is 4.47. The Morgan fingerprint density at radius 1 is 1.04 bits per heavy atom. The summed E-state index contributed by atoms with van der Waals surface area (Å²) in [4.78, 5) is 25.3. The molecule has 0 unspecified atom stereocenters. The summed E-state index contributed by atoms with van der Waals surface area (Å²) < 4.78 is 2.31. The number of hydrogen-bond donors (Lipinski definition) is 0. The van der Waals surface area contributed by atoms with Crippen molar-refractivity contribution in [3.63, 3.8) is 0 Å². The van der Waals surface area contributed by atoms with Gasteiger partial charge in [0.05, 0.1) is 5.75 Å². The van der Waals surface area contributed by atoms with Crippen molar-refractivity contribution >= 4 is 23.6 Å². The van der Waals surface area contributed by atoms with E-state index >= 15 is 0 Å². The van der Waals surface area contributed by atoms with Crippen LogP contribution in [0.1, 0.15) is 43.5 Å². The first-order valence-corrected chi connectivity index (χ1v) is 10.7. The number of piperazine rings is 1. The van der Waals surface area contributed by atoms with Crippen LogP contribution in [0.2, 0.25) is 0 Å². The van der Waals surface area contributed by atoms with Gasteiger partial charge in [0.15, 0.2) is 5.16 Å². The van der Waals surface area contributed by atoms with Crippen LogP contribution in [0.15, 0.2) is 23.6 Å². The zero-order valence-corrected chi connectivity index (χ0v) is 16.0. The van der Waals surface area contributed by atoms with Crippen molar-refractivity contribution in [3.8, 4) is 0 Å². The van der Waals surface area contributed by atoms with E-state index in [-0.39, 0.29) is 5.91 Å². The molecule has 142 valence electrons. The average molecular weight is 385 g/mol. The van der Waals surface area contributed by atoms with E-state index in [1.807, 2.05) is 11.0 Å². The predicted octanol–water partition coefficient (Wildman–Crippen LogP) is 1.72. The number of aromatic nitrogens is 5. The van der Waals surface area contributed by atoms with E-state index in [0.717, 1.165) is 30.0 Å². The standard InChI is InChI=1S/C18H23N7OS/c26-15(23-8-10-24(11-9-23)17-19-6-1-7-20-17)12-27-18-22-21-16(13-2-3-13)25(18)14-4-5-14/h1,6-7,13-14H,2-5,8-12H2. The largest absolute Gasteiger partial charge is 0.338 e. The van der Waals surface area contributed by atoms with Gasteiger partial charge in [-0.25, -0.2) is 9.97 Å². The molecule has 2 aliphatic carbocycles. The Labute approximate surface area is 162 Å². The van der Waals surface area contributed by atoms with Crippen molar-refractivity contribution in [2.45, 2.75) is 42.8 Å². The number of nitrogens with zero attached hydrogens (tertiary/aromatic N) is 7. The highest BCUT2D eigenvalue weighted by molar-refractivity contribution is 7.99. The lowest BCUT2D eigenvalue weighted by Gasteiger charge is -2.34. The first-order valence-electron chi connectivity index (χ1n) is 9.67. The van der Waals surface area contributed by atoms with Gasteiger partial charge in [0.2, 0.25) is 11.9 Å². The summed E-state index contributed by atoms with van der Waals surface area (Å²) in [6.07, 6.45) is 8.38. The number of carbonyl (C=O) groups is 1. The van der Waals surface area contributed by atoms with Gasteiger partial charge in [-0.05, 0) is 31.7 Å². The maximum Gasteiger partial charge on any atom is 0.233 e. The summed E-state index contributed by atoms with van der Waals surface area (Å²) in [6.45, 7) is 2.95. The van der Waals surface area contributed by atoms with E-state index in [1.54, 1.807) is 24.2 Å². The minimum absolute atomic E-state index is 0.173. The lowest BCUT2D eigenvalue weighted by Crippen LogP contribution is -2.49. The molecule has 2 aromatic heterocycles. The fraction of sp³-hybridized carbons (Fsp3) is 0.611. The Morgan fingerprint density at radius 2 is 1.78 bits per heavy atom. The quantitative estimate of drug-likeness (QED) is 0.701. The second-order valence-electron chi connectivity index (χ2n) is 7.42. The smallest absolute Gasteiger partial charge is 0.233 e. The summed E-state index contributed by atoms with van der Waals surface area (Å²) in [5.41, 5.74) is 0. The third-order valence-corrected chi connectivity index (χ3v) is 6.27. The molecular formula is C18H23N7OS. The monoisotopic (exact) mass is 385 g/mol. The number of hydrogen-bond acceptors (Lipinski definition) is 7. The van der Waals surface area contributed by atoms with Crippen LogP contribution in [-0.4, -0.2) is 67.5 Å². The molecule has 0 N–H and O–H groups in total. The Balaban J connectivity index is 1.16. The minimum atomic E-state index is 0.173. The number of carbonyl (C=O) groups excluding carboxylic acids is 1. The molecule has 2 aromatic rings. The highest BCUT2D eigenvalue weighted by atomic mass is 32.2. The molecule has 27 heavy (non-hydrogen) atoms. The lowest BCUT2D eigenvalue weighted by atomic mass is 10.3. The molecule has 9 heteroatoms. The van der Waals surface area contributed by atoms with Crippen molar-refractivity contribution in [1.82, 2.24) is 29.6 Å². The van der Waals surface area contributed by atoms with Gasteiger partial charge in [-0.1, -0.05) is 11.8 Å². The van der Waals surface area contributed by atoms with E-state index in [2.05, 4.69) is 29.6 Å². The van der Waals surface area contributed by atoms with E-state index in [4.69, 9.17) is 0 Å². The van der Waals surface area contributed by atoms with Crippen LogP contribution in [-0.2, 0) is 4.79 Å². The Hall–Kier alpha value is -2.16. The molecule has 0 bridgehead atoms. The fourth-order valence-corrected chi connectivity index (χ4v) is 4.43. The first kappa shape index (κ1) is 17.0. The van der Waals surface area contributed by atoms with Crippen molar-refractivity contribution < 1.29 is 4.79 Å². The van der Waals surface area contributed by atoms with Gasteiger partial charge in [-0.3, -0.25) is 4.79 Å². The summed E-state index contributed by atoms with van der Waals surface area (Å²) in [5, 5.41) is 9.73. The second-order valence-corrected chi connectivity index (χ2v) is 8.36. The van der Waals surface area contributed by atoms with Crippen LogP contribution in [0.4, 0.5) is 5.95 Å². The molecule has 1 aliphatic heterocycles. The van der Waals surface area contributed by atoms with Gasteiger partial charge in [-0.15, -0.1) is 10.2 Å². The number of rotatable bonds is 6. The molecule has 2 saturated carbocycles. The molecular weight excluding hydrogens is 362 g/mol. The highest BCUT2D eigenvalue weighted by Crippen LogP contribution is 2.46. The van der Waals surface area contributed by atoms with Gasteiger partial charge >= 0.3 is 0 Å². The van der Waals surface area contributed by atoms with Crippen molar-refractivity contribution in [3.05, 3.63) is 24.3 Å². The maximum atomic E-state index is 12.7. The Morgan fingerprint density at radius 3 is 2.44 bits per heavy atom. The topological polar surface area (TPSA) is 80.0 Å². The van der Waals surface area contributed by atoms with Crippen LogP contribution in [0.3, 0.4) is 0 Å². The third-order valence-electron chi connectivity index (χ3n) is 5.34. The number of anilines is 1. The lowest BCUT2D eigenvalue weighted by molar-refractivity contribution is -0.128. The number of thioether (sulfide) groups is 1. The van der Waals surface area contributed by atoms with Crippen LogP contribution in [0.5, 0.6) is 0 Å². The summed E-state index contributed by atoms with van der Waals surface area (Å²) in [7, 11) is 0. The maximum absolute atomic E-state index is 12.7. The zero-order chi connectivity index (χ0) is 18.2. The molecule has 0 aromatic carbocycles. The summed E-state index contributed by atoms with van der Waals surface area (Å²) >= 11 is 1.54. The molecule has 3 fully saturated rings. The molecule has 1 amide bonds. The molecule has 0 radical (unpaired) electrons. The molecule has 0 spiro atoms. The normalized spacial score (nSPS) is 20.1. The van der Waals surface area contributed by atoms with Gasteiger partial charge < -0.3 is 14.4 Å². The van der Waals surface area contributed by atoms with Crippen molar-refractivity contribution in [2.75, 3.05) is 36.8 Å². The van der Waals surface area contributed by atoms with E-state index in [0.29, 0.717) is 30.8 Å². The van der Waals surface area contributed by atoms with E-state index < -0.39 is 0 Å². The molecule has 3 heterocycles. The first-order chi connectivity index (χ1) is 13.3. The zero-order valence-electron chi connectivity index (χ0n) is 15.2. The molecule has 0 atom stereocenters. The van der Waals surface area contributed by atoms with E-state index in [1.165, 1.54) is 25.7 Å². The van der Waals surface area contributed by atoms with Crippen LogP contribution in [0, 0.1) is 0 Å². The number of amides is 1. The summed E-state index contributed by atoms with van der Waals surface area (Å²) in [6, 6.07) is 2.37. The predicted molar refractivity (Wildman–Crippen MR) is 102 cm³/mol. The van der Waals surface area contributed by atoms with Crippen LogP contribution in [0.25, 0.3) is 0 Å². The van der Waals surface area contributed by atoms with Crippen LogP contribution < -0.4 is 4.90 Å². The minimum Gasteiger partial charge on any atom is -0.338 e. The van der Waals surface area contributed by atoms with Gasteiger partial charge in [-0.2, -0.15) is 0 Å². The van der Waals surface area contributed by atoms with Gasteiger partial charge in [0, 0.05) is 50.5 Å². The third kappa shape index (κ3) is 3.65. The van der Waals surface area contributed by atoms with Crippen molar-refractivity contribution in [2.24, 2.45) is 0 Å². The molecule has 1 saturated heterocycles. The van der Waals surface area contributed by atoms with Crippen LogP contribution >= 0.6 is 11.8 Å². The van der Waals surface area contributed by atoms with Crippen molar-refractivity contribution in [1.29, 1.82) is 0 Å². The summed E-state index contributed by atoms with van der Waals surface area (Å²) in [5.74, 6) is 3.08. The second kappa shape index (κ2) is 7.10. The molecule has 5 rings (SSSR count). The van der Waals surface area contributed by atoms with Gasteiger partial charge in [0.25, 0.3) is 0 Å². The SMILES string of the molecule is O=C(CSc1nnc(C2CC2)n1C1CC1)N1CCN(c2ncccn2)CC1. The molecule has 8 nitrogen and oxygen atoms in total. The van der Waals surface area contributed by atoms with Gasteiger partial charge in [0.1, 0.15) is 5.82 Å². The average Bonchev–Trinajstić information content (AvgIpc) is 3.66. The van der Waals surface area contributed by atoms with E-state index in [9.17, 15) is 4.79 Å². The fourth-order valence-electron chi connectivity index (χ4n) is 3.51. The Bertz CT molecular complexity index is 810. The highest BCUT2D eigenvalue weighted by Gasteiger charge is 2.36.